The van der Waals surface area contributed by atoms with Gasteiger partial charge >= 0.3 is 0 Å². The minimum absolute atomic E-state index is 0.353. The monoisotopic (exact) mass is 235 g/mol. The molecule has 0 bridgehead atoms. The third-order valence-corrected chi connectivity index (χ3v) is 3.61. The smallest absolute Gasteiger partial charge is 0.175 e. The fourth-order valence-electron chi connectivity index (χ4n) is 1.65. The van der Waals surface area contributed by atoms with Crippen LogP contribution in [0.3, 0.4) is 0 Å². The van der Waals surface area contributed by atoms with E-state index < -0.39 is 9.84 Å². The van der Waals surface area contributed by atoms with Crippen LogP contribution in [0.4, 0.5) is 0 Å². The zero-order valence-electron chi connectivity index (χ0n) is 9.21. The Balaban J connectivity index is 2.57. The number of benzene rings is 1. The van der Waals surface area contributed by atoms with Gasteiger partial charge in [-0.25, -0.2) is 8.42 Å². The lowest BCUT2D eigenvalue weighted by Gasteiger charge is -2.05. The molecule has 0 amide bonds. The van der Waals surface area contributed by atoms with Gasteiger partial charge in [-0.1, -0.05) is 12.1 Å². The lowest BCUT2D eigenvalue weighted by Crippen LogP contribution is -1.97. The third-order valence-electron chi connectivity index (χ3n) is 2.50. The molecule has 2 aromatic rings. The Morgan fingerprint density at radius 1 is 1.12 bits per heavy atom. The van der Waals surface area contributed by atoms with Gasteiger partial charge in [0.05, 0.1) is 4.90 Å². The van der Waals surface area contributed by atoms with Crippen LogP contribution in [0.1, 0.15) is 0 Å². The average molecular weight is 235 g/mol. The van der Waals surface area contributed by atoms with Gasteiger partial charge in [-0.15, -0.1) is 0 Å². The number of sulfone groups is 1. The van der Waals surface area contributed by atoms with Crippen LogP contribution < -0.4 is 0 Å². The molecule has 0 spiro atoms. The Morgan fingerprint density at radius 2 is 1.88 bits per heavy atom. The van der Waals surface area contributed by atoms with Crippen molar-refractivity contribution in [3.05, 3.63) is 42.6 Å². The SMILES string of the molecule is Cn1cccc1-c1cccc(S(C)(=O)=O)c1. The van der Waals surface area contributed by atoms with Gasteiger partial charge in [-0.2, -0.15) is 0 Å². The molecule has 0 saturated heterocycles. The molecular weight excluding hydrogens is 222 g/mol. The van der Waals surface area contributed by atoms with E-state index in [0.717, 1.165) is 11.3 Å². The lowest BCUT2D eigenvalue weighted by molar-refractivity contribution is 0.602. The highest BCUT2D eigenvalue weighted by Crippen LogP contribution is 2.22. The highest BCUT2D eigenvalue weighted by Gasteiger charge is 2.09. The molecule has 0 aliphatic rings. The molecule has 0 radical (unpaired) electrons. The molecule has 84 valence electrons. The summed E-state index contributed by atoms with van der Waals surface area (Å²) < 4.78 is 24.8. The summed E-state index contributed by atoms with van der Waals surface area (Å²) in [4.78, 5) is 0.353. The first-order chi connectivity index (χ1) is 7.48. The molecule has 0 atom stereocenters. The number of nitrogens with zero attached hydrogens (tertiary/aromatic N) is 1. The van der Waals surface area contributed by atoms with Crippen LogP contribution in [-0.2, 0) is 16.9 Å². The van der Waals surface area contributed by atoms with Crippen molar-refractivity contribution in [1.29, 1.82) is 0 Å². The van der Waals surface area contributed by atoms with Crippen LogP contribution in [0, 0.1) is 0 Å². The van der Waals surface area contributed by atoms with E-state index in [0.29, 0.717) is 4.90 Å². The highest BCUT2D eigenvalue weighted by molar-refractivity contribution is 7.90. The van der Waals surface area contributed by atoms with Crippen LogP contribution in [0.15, 0.2) is 47.5 Å². The fourth-order valence-corrected chi connectivity index (χ4v) is 2.31. The highest BCUT2D eigenvalue weighted by atomic mass is 32.2. The minimum atomic E-state index is -3.14. The summed E-state index contributed by atoms with van der Waals surface area (Å²) in [6.45, 7) is 0. The normalized spacial score (nSPS) is 11.6. The van der Waals surface area contributed by atoms with Gasteiger partial charge in [0.1, 0.15) is 0 Å². The summed E-state index contributed by atoms with van der Waals surface area (Å²) in [5, 5.41) is 0. The maximum Gasteiger partial charge on any atom is 0.175 e. The van der Waals surface area contributed by atoms with Crippen molar-refractivity contribution in [2.45, 2.75) is 4.90 Å². The van der Waals surface area contributed by atoms with Crippen LogP contribution in [0.2, 0.25) is 0 Å². The maximum absolute atomic E-state index is 11.4. The molecule has 3 nitrogen and oxygen atoms in total. The van der Waals surface area contributed by atoms with Gasteiger partial charge in [0.2, 0.25) is 0 Å². The number of aryl methyl sites for hydroxylation is 1. The first-order valence-electron chi connectivity index (χ1n) is 4.90. The molecule has 4 heteroatoms. The first-order valence-corrected chi connectivity index (χ1v) is 6.79. The Labute approximate surface area is 95.3 Å². The fraction of sp³-hybridized carbons (Fsp3) is 0.167. The summed E-state index contributed by atoms with van der Waals surface area (Å²) in [7, 11) is -1.21. The molecular formula is C12H13NO2S. The van der Waals surface area contributed by atoms with Crippen LogP contribution >= 0.6 is 0 Å². The van der Waals surface area contributed by atoms with E-state index in [1.807, 2.05) is 36.0 Å². The number of rotatable bonds is 2. The molecule has 0 saturated carbocycles. The molecule has 2 rings (SSSR count). The predicted octanol–water partition coefficient (Wildman–Crippen LogP) is 2.10. The summed E-state index contributed by atoms with van der Waals surface area (Å²) in [6, 6.07) is 10.9. The molecule has 0 unspecified atom stereocenters. The number of aromatic nitrogens is 1. The van der Waals surface area contributed by atoms with E-state index in [2.05, 4.69) is 0 Å². The molecule has 16 heavy (non-hydrogen) atoms. The molecule has 0 fully saturated rings. The third kappa shape index (κ3) is 2.02. The Morgan fingerprint density at radius 3 is 2.44 bits per heavy atom. The largest absolute Gasteiger partial charge is 0.351 e. The molecule has 0 aliphatic heterocycles. The Hall–Kier alpha value is -1.55. The van der Waals surface area contributed by atoms with Crippen molar-refractivity contribution in [2.24, 2.45) is 7.05 Å². The van der Waals surface area contributed by atoms with E-state index in [1.54, 1.807) is 18.2 Å². The van der Waals surface area contributed by atoms with E-state index in [-0.39, 0.29) is 0 Å². The minimum Gasteiger partial charge on any atom is -0.351 e. The molecule has 1 aromatic carbocycles. The predicted molar refractivity (Wildman–Crippen MR) is 64.0 cm³/mol. The van der Waals surface area contributed by atoms with Crippen LogP contribution in [0.5, 0.6) is 0 Å². The molecule has 0 N–H and O–H groups in total. The number of hydrogen-bond donors (Lipinski definition) is 0. The van der Waals surface area contributed by atoms with Crippen molar-refractivity contribution < 1.29 is 8.42 Å². The van der Waals surface area contributed by atoms with Gasteiger partial charge in [0.25, 0.3) is 0 Å². The average Bonchev–Trinajstić information content (AvgIpc) is 2.63. The summed E-state index contributed by atoms with van der Waals surface area (Å²) in [5.74, 6) is 0. The zero-order valence-corrected chi connectivity index (χ0v) is 10.0. The van der Waals surface area contributed by atoms with E-state index >= 15 is 0 Å². The summed E-state index contributed by atoms with van der Waals surface area (Å²) in [5.41, 5.74) is 1.92. The van der Waals surface area contributed by atoms with Gasteiger partial charge in [0, 0.05) is 25.2 Å². The van der Waals surface area contributed by atoms with Gasteiger partial charge in [-0.05, 0) is 29.8 Å². The number of hydrogen-bond acceptors (Lipinski definition) is 2. The Kier molecular flexibility index (Phi) is 2.59. The second-order valence-corrected chi connectivity index (χ2v) is 5.82. The quantitative estimate of drug-likeness (QED) is 0.799. The van der Waals surface area contributed by atoms with Gasteiger partial charge in [0.15, 0.2) is 9.84 Å². The van der Waals surface area contributed by atoms with E-state index in [1.165, 1.54) is 6.26 Å². The molecule has 1 aromatic heterocycles. The Bertz CT molecular complexity index is 611. The zero-order chi connectivity index (χ0) is 11.8. The topological polar surface area (TPSA) is 39.1 Å². The van der Waals surface area contributed by atoms with E-state index in [9.17, 15) is 8.42 Å². The van der Waals surface area contributed by atoms with Crippen molar-refractivity contribution in [3.8, 4) is 11.3 Å². The van der Waals surface area contributed by atoms with Gasteiger partial charge in [-0.3, -0.25) is 0 Å². The molecule has 0 aliphatic carbocycles. The second kappa shape index (κ2) is 3.79. The first kappa shape index (κ1) is 11.0. The summed E-state index contributed by atoms with van der Waals surface area (Å²) >= 11 is 0. The van der Waals surface area contributed by atoms with Crippen molar-refractivity contribution in [3.63, 3.8) is 0 Å². The lowest BCUT2D eigenvalue weighted by atomic mass is 10.1. The van der Waals surface area contributed by atoms with E-state index in [4.69, 9.17) is 0 Å². The van der Waals surface area contributed by atoms with Crippen molar-refractivity contribution >= 4 is 9.84 Å². The van der Waals surface area contributed by atoms with Crippen molar-refractivity contribution in [1.82, 2.24) is 4.57 Å². The van der Waals surface area contributed by atoms with Crippen LogP contribution in [-0.4, -0.2) is 19.2 Å². The maximum atomic E-state index is 11.4. The standard InChI is InChI=1S/C12H13NO2S/c1-13-8-4-7-12(13)10-5-3-6-11(9-10)16(2,14)15/h3-9H,1-2H3. The van der Waals surface area contributed by atoms with Crippen LogP contribution in [0.25, 0.3) is 11.3 Å². The van der Waals surface area contributed by atoms with Gasteiger partial charge < -0.3 is 4.57 Å². The molecule has 1 heterocycles. The van der Waals surface area contributed by atoms with Crippen molar-refractivity contribution in [2.75, 3.05) is 6.26 Å². The second-order valence-electron chi connectivity index (χ2n) is 3.80. The summed E-state index contributed by atoms with van der Waals surface area (Å²) in [6.07, 6.45) is 3.15.